The van der Waals surface area contributed by atoms with Gasteiger partial charge >= 0.3 is 0 Å². The standard InChI is InChI=1S/C22H46N6O4/c1-23-9-5-7-11-27(3)15-17(29)13-25-19-20(22(32)21(19)31)26-14-18(30)16-28(4)12-8-6-10-24-2/h17-18,21,23-26,29-31H,5-16H2,1-4H3. The fourth-order valence-corrected chi connectivity index (χ4v) is 3.67. The van der Waals surface area contributed by atoms with Crippen molar-refractivity contribution in [2.75, 3.05) is 80.5 Å². The molecular weight excluding hydrogens is 412 g/mol. The number of carbonyl (C=O) groups is 1. The van der Waals surface area contributed by atoms with Crippen LogP contribution < -0.4 is 21.3 Å². The first-order valence-corrected chi connectivity index (χ1v) is 11.8. The maximum Gasteiger partial charge on any atom is 0.215 e. The number of hydrogen-bond acceptors (Lipinski definition) is 10. The molecule has 0 saturated heterocycles. The maximum absolute atomic E-state index is 12.0. The third-order valence-corrected chi connectivity index (χ3v) is 5.56. The molecule has 0 aromatic carbocycles. The van der Waals surface area contributed by atoms with Crippen LogP contribution in [-0.2, 0) is 4.79 Å². The number of rotatable bonds is 20. The maximum atomic E-state index is 12.0. The fourth-order valence-electron chi connectivity index (χ4n) is 3.67. The summed E-state index contributed by atoms with van der Waals surface area (Å²) in [6.07, 6.45) is 1.82. The van der Waals surface area contributed by atoms with E-state index >= 15 is 0 Å². The summed E-state index contributed by atoms with van der Waals surface area (Å²) < 4.78 is 0. The third kappa shape index (κ3) is 11.0. The van der Waals surface area contributed by atoms with Crippen molar-refractivity contribution in [3.05, 3.63) is 11.4 Å². The molecule has 7 N–H and O–H groups in total. The number of nitrogens with one attached hydrogen (secondary N) is 4. The van der Waals surface area contributed by atoms with Gasteiger partial charge < -0.3 is 46.4 Å². The highest BCUT2D eigenvalue weighted by Gasteiger charge is 2.38. The first-order valence-electron chi connectivity index (χ1n) is 11.8. The molecule has 0 aliphatic heterocycles. The van der Waals surface area contributed by atoms with Crippen molar-refractivity contribution in [1.82, 2.24) is 31.1 Å². The Kier molecular flexibility index (Phi) is 14.7. The number of ketones is 1. The highest BCUT2D eigenvalue weighted by molar-refractivity contribution is 6.07. The molecule has 3 atom stereocenters. The predicted molar refractivity (Wildman–Crippen MR) is 127 cm³/mol. The Balaban J connectivity index is 2.35. The fraction of sp³-hybridized carbons (Fsp3) is 0.864. The molecule has 0 aromatic rings. The van der Waals surface area contributed by atoms with Gasteiger partial charge in [-0.25, -0.2) is 0 Å². The molecule has 0 amide bonds. The lowest BCUT2D eigenvalue weighted by atomic mass is 9.94. The van der Waals surface area contributed by atoms with Crippen molar-refractivity contribution in [2.24, 2.45) is 0 Å². The largest absolute Gasteiger partial charge is 0.390 e. The molecule has 3 unspecified atom stereocenters. The molecule has 32 heavy (non-hydrogen) atoms. The van der Waals surface area contributed by atoms with Gasteiger partial charge in [0.1, 0.15) is 5.70 Å². The van der Waals surface area contributed by atoms with E-state index < -0.39 is 24.1 Å². The summed E-state index contributed by atoms with van der Waals surface area (Å²) >= 11 is 0. The Bertz CT molecular complexity index is 563. The van der Waals surface area contributed by atoms with Crippen molar-refractivity contribution >= 4 is 5.78 Å². The smallest absolute Gasteiger partial charge is 0.215 e. The number of likely N-dealkylation sites (N-methyl/N-ethyl adjacent to an activating group) is 2. The van der Waals surface area contributed by atoms with Crippen molar-refractivity contribution in [3.8, 4) is 0 Å². The zero-order valence-corrected chi connectivity index (χ0v) is 20.4. The molecule has 1 rings (SSSR count). The molecule has 0 radical (unpaired) electrons. The summed E-state index contributed by atoms with van der Waals surface area (Å²) in [7, 11) is 7.80. The zero-order valence-electron chi connectivity index (χ0n) is 20.4. The highest BCUT2D eigenvalue weighted by Crippen LogP contribution is 2.20. The summed E-state index contributed by atoms with van der Waals surface area (Å²) in [6, 6.07) is 0. The topological polar surface area (TPSA) is 132 Å². The molecule has 0 aromatic heterocycles. The van der Waals surface area contributed by atoms with Gasteiger partial charge in [-0.15, -0.1) is 0 Å². The van der Waals surface area contributed by atoms with E-state index in [-0.39, 0.29) is 13.1 Å². The Hall–Kier alpha value is -1.27. The Labute approximate surface area is 193 Å². The number of hydrogen-bond donors (Lipinski definition) is 7. The second kappa shape index (κ2) is 16.4. The van der Waals surface area contributed by atoms with E-state index in [1.54, 1.807) is 0 Å². The quantitative estimate of drug-likeness (QED) is 0.102. The van der Waals surface area contributed by atoms with Gasteiger partial charge in [-0.2, -0.15) is 0 Å². The summed E-state index contributed by atoms with van der Waals surface area (Å²) in [6.45, 7) is 5.22. The van der Waals surface area contributed by atoms with Crippen LogP contribution in [-0.4, -0.2) is 130 Å². The van der Waals surface area contributed by atoms with Gasteiger partial charge in [-0.05, 0) is 80.1 Å². The Morgan fingerprint density at radius 1 is 0.844 bits per heavy atom. The molecule has 0 fully saturated rings. The minimum atomic E-state index is -1.20. The predicted octanol–water partition coefficient (Wildman–Crippen LogP) is -2.09. The van der Waals surface area contributed by atoms with Gasteiger partial charge in [0.15, 0.2) is 6.10 Å². The summed E-state index contributed by atoms with van der Waals surface area (Å²) in [5.41, 5.74) is 0.680. The van der Waals surface area contributed by atoms with E-state index in [4.69, 9.17) is 0 Å². The molecule has 10 heteroatoms. The van der Waals surface area contributed by atoms with E-state index in [1.165, 1.54) is 0 Å². The van der Waals surface area contributed by atoms with Crippen LogP contribution in [0.1, 0.15) is 25.7 Å². The number of nitrogens with zero attached hydrogens (tertiary/aromatic N) is 2. The van der Waals surface area contributed by atoms with Crippen LogP contribution in [0.3, 0.4) is 0 Å². The first-order chi connectivity index (χ1) is 15.3. The molecule has 1 aliphatic rings. The van der Waals surface area contributed by atoms with Crippen molar-refractivity contribution in [2.45, 2.75) is 44.0 Å². The average Bonchev–Trinajstić information content (AvgIpc) is 2.75. The molecule has 1 aliphatic carbocycles. The van der Waals surface area contributed by atoms with Gasteiger partial charge in [-0.3, -0.25) is 4.79 Å². The lowest BCUT2D eigenvalue weighted by Crippen LogP contribution is -2.51. The van der Waals surface area contributed by atoms with Gasteiger partial charge in [0.25, 0.3) is 0 Å². The SMILES string of the molecule is CNCCCCN(C)CC(O)CNC1=C(NCC(O)CN(C)CCCCNC)C(O)C1=O. The monoisotopic (exact) mass is 458 g/mol. The summed E-state index contributed by atoms with van der Waals surface area (Å²) in [5.74, 6) is -0.392. The number of aliphatic hydroxyl groups excluding tert-OH is 3. The number of unbranched alkanes of at least 4 members (excludes halogenated alkanes) is 2. The Morgan fingerprint density at radius 2 is 1.31 bits per heavy atom. The molecule has 0 bridgehead atoms. The number of carbonyl (C=O) groups excluding carboxylic acids is 1. The van der Waals surface area contributed by atoms with E-state index in [0.29, 0.717) is 24.5 Å². The van der Waals surface area contributed by atoms with Crippen LogP contribution in [0.2, 0.25) is 0 Å². The van der Waals surface area contributed by atoms with E-state index in [9.17, 15) is 20.1 Å². The van der Waals surface area contributed by atoms with E-state index in [0.717, 1.165) is 51.9 Å². The summed E-state index contributed by atoms with van der Waals surface area (Å²) in [4.78, 5) is 16.2. The second-order valence-corrected chi connectivity index (χ2v) is 8.77. The second-order valence-electron chi connectivity index (χ2n) is 8.77. The molecule has 188 valence electrons. The van der Waals surface area contributed by atoms with Gasteiger partial charge in [0.05, 0.1) is 17.9 Å². The van der Waals surface area contributed by atoms with Gasteiger partial charge in [0.2, 0.25) is 5.78 Å². The summed E-state index contributed by atoms with van der Waals surface area (Å²) in [5, 5.41) is 42.7. The van der Waals surface area contributed by atoms with Crippen molar-refractivity contribution < 1.29 is 20.1 Å². The minimum Gasteiger partial charge on any atom is -0.390 e. The third-order valence-electron chi connectivity index (χ3n) is 5.56. The molecule has 10 nitrogen and oxygen atoms in total. The van der Waals surface area contributed by atoms with Crippen LogP contribution in [0.5, 0.6) is 0 Å². The van der Waals surface area contributed by atoms with Crippen LogP contribution in [0.25, 0.3) is 0 Å². The van der Waals surface area contributed by atoms with Gasteiger partial charge in [-0.1, -0.05) is 0 Å². The average molecular weight is 459 g/mol. The lowest BCUT2D eigenvalue weighted by Gasteiger charge is -2.31. The van der Waals surface area contributed by atoms with E-state index in [2.05, 4.69) is 31.1 Å². The van der Waals surface area contributed by atoms with Crippen LogP contribution in [0.4, 0.5) is 0 Å². The zero-order chi connectivity index (χ0) is 23.9. The Morgan fingerprint density at radius 3 is 1.78 bits per heavy atom. The van der Waals surface area contributed by atoms with Crippen molar-refractivity contribution in [3.63, 3.8) is 0 Å². The van der Waals surface area contributed by atoms with Gasteiger partial charge in [0, 0.05) is 26.2 Å². The van der Waals surface area contributed by atoms with E-state index in [1.807, 2.05) is 28.2 Å². The number of Topliss-reactive ketones (excluding diaryl/α,β-unsaturated/α-hetero) is 1. The number of aliphatic hydroxyl groups is 3. The molecule has 0 spiro atoms. The lowest BCUT2D eigenvalue weighted by molar-refractivity contribution is -0.125. The highest BCUT2D eigenvalue weighted by atomic mass is 16.3. The van der Waals surface area contributed by atoms with Crippen molar-refractivity contribution in [1.29, 1.82) is 0 Å². The molecule has 0 heterocycles. The van der Waals surface area contributed by atoms with Crippen LogP contribution >= 0.6 is 0 Å². The first kappa shape index (κ1) is 28.8. The molecular formula is C22H46N6O4. The normalized spacial score (nSPS) is 18.3. The van der Waals surface area contributed by atoms with Crippen LogP contribution in [0.15, 0.2) is 11.4 Å². The van der Waals surface area contributed by atoms with Crippen LogP contribution in [0, 0.1) is 0 Å². The molecule has 0 saturated carbocycles. The minimum absolute atomic E-state index is 0.220.